The van der Waals surface area contributed by atoms with Crippen molar-refractivity contribution < 1.29 is 13.6 Å². The number of nitrogens with zero attached hydrogens (tertiary/aromatic N) is 1. The van der Waals surface area contributed by atoms with Crippen molar-refractivity contribution in [2.45, 2.75) is 18.9 Å². The predicted octanol–water partition coefficient (Wildman–Crippen LogP) is 1.33. The number of nitrogens with two attached hydrogens (primary N) is 1. The highest BCUT2D eigenvalue weighted by molar-refractivity contribution is 5.78. The highest BCUT2D eigenvalue weighted by Gasteiger charge is 2.22. The van der Waals surface area contributed by atoms with E-state index in [4.69, 9.17) is 5.73 Å². The van der Waals surface area contributed by atoms with Gasteiger partial charge >= 0.3 is 0 Å². The van der Waals surface area contributed by atoms with E-state index in [1.54, 1.807) is 4.90 Å². The van der Waals surface area contributed by atoms with E-state index in [1.165, 1.54) is 12.1 Å². The van der Waals surface area contributed by atoms with Crippen LogP contribution in [0.1, 0.15) is 12.8 Å². The molecular weight excluding hydrogens is 252 g/mol. The molecule has 1 aliphatic heterocycles. The molecule has 6 heteroatoms. The summed E-state index contributed by atoms with van der Waals surface area (Å²) in [4.78, 5) is 13.1. The fourth-order valence-electron chi connectivity index (χ4n) is 2.23. The second-order valence-electron chi connectivity index (χ2n) is 4.63. The lowest BCUT2D eigenvalue weighted by Gasteiger charge is -2.32. The molecule has 3 N–H and O–H groups in total. The number of carbonyl (C=O) groups is 1. The zero-order valence-electron chi connectivity index (χ0n) is 10.5. The van der Waals surface area contributed by atoms with Crippen LogP contribution < -0.4 is 11.1 Å². The Balaban J connectivity index is 1.90. The zero-order valence-corrected chi connectivity index (χ0v) is 10.5. The van der Waals surface area contributed by atoms with Crippen molar-refractivity contribution >= 4 is 11.6 Å². The number of nitrogens with one attached hydrogen (secondary N) is 1. The summed E-state index contributed by atoms with van der Waals surface area (Å²) in [5.41, 5.74) is 5.60. The molecule has 0 bridgehead atoms. The summed E-state index contributed by atoms with van der Waals surface area (Å²) in [6.07, 6.45) is 1.45. The normalized spacial score (nSPS) is 16.5. The van der Waals surface area contributed by atoms with Gasteiger partial charge < -0.3 is 16.0 Å². The van der Waals surface area contributed by atoms with E-state index in [9.17, 15) is 13.6 Å². The van der Waals surface area contributed by atoms with E-state index in [2.05, 4.69) is 5.32 Å². The first-order valence-electron chi connectivity index (χ1n) is 6.29. The van der Waals surface area contributed by atoms with Crippen LogP contribution in [0.2, 0.25) is 0 Å². The Hall–Kier alpha value is -1.69. The number of anilines is 1. The van der Waals surface area contributed by atoms with E-state index in [1.807, 2.05) is 0 Å². The Kier molecular flexibility index (Phi) is 4.31. The van der Waals surface area contributed by atoms with Crippen LogP contribution in [-0.4, -0.2) is 36.5 Å². The lowest BCUT2D eigenvalue weighted by atomic mass is 10.0. The number of piperidine rings is 1. The molecule has 0 spiro atoms. The van der Waals surface area contributed by atoms with Crippen LogP contribution >= 0.6 is 0 Å². The highest BCUT2D eigenvalue weighted by atomic mass is 19.1. The van der Waals surface area contributed by atoms with Crippen LogP contribution in [0.3, 0.4) is 0 Å². The molecule has 4 nitrogen and oxygen atoms in total. The van der Waals surface area contributed by atoms with Gasteiger partial charge in [-0.15, -0.1) is 0 Å². The fourth-order valence-corrected chi connectivity index (χ4v) is 2.23. The van der Waals surface area contributed by atoms with Gasteiger partial charge in [0.25, 0.3) is 0 Å². The number of benzene rings is 1. The van der Waals surface area contributed by atoms with E-state index in [0.717, 1.165) is 18.9 Å². The first-order chi connectivity index (χ1) is 9.10. The molecule has 1 amide bonds. The summed E-state index contributed by atoms with van der Waals surface area (Å²) in [7, 11) is 0. The molecule has 19 heavy (non-hydrogen) atoms. The quantitative estimate of drug-likeness (QED) is 0.870. The number of hydrogen-bond acceptors (Lipinski definition) is 3. The molecule has 104 valence electrons. The lowest BCUT2D eigenvalue weighted by molar-refractivity contribution is -0.130. The molecule has 1 heterocycles. The summed E-state index contributed by atoms with van der Waals surface area (Å²) in [5, 5.41) is 3.04. The van der Waals surface area contributed by atoms with Crippen LogP contribution in [-0.2, 0) is 4.79 Å². The molecule has 0 aliphatic carbocycles. The molecule has 0 radical (unpaired) electrons. The number of halogens is 2. The molecule has 1 fully saturated rings. The third-order valence-corrected chi connectivity index (χ3v) is 3.31. The first kappa shape index (κ1) is 13.7. The van der Waals surface area contributed by atoms with Gasteiger partial charge in [0.1, 0.15) is 11.6 Å². The van der Waals surface area contributed by atoms with Crippen LogP contribution in [0.5, 0.6) is 0 Å². The van der Waals surface area contributed by atoms with Gasteiger partial charge in [-0.25, -0.2) is 8.78 Å². The SMILES string of the molecule is NCC(=O)N1CCC(Nc2ccc(F)cc2F)CC1. The minimum atomic E-state index is -0.597. The van der Waals surface area contributed by atoms with Gasteiger partial charge in [0.05, 0.1) is 12.2 Å². The molecule has 0 unspecified atom stereocenters. The maximum absolute atomic E-state index is 13.5. The van der Waals surface area contributed by atoms with Crippen LogP contribution in [0, 0.1) is 11.6 Å². The predicted molar refractivity (Wildman–Crippen MR) is 68.6 cm³/mol. The highest BCUT2D eigenvalue weighted by Crippen LogP contribution is 2.20. The molecule has 2 rings (SSSR count). The number of amides is 1. The van der Waals surface area contributed by atoms with E-state index in [0.29, 0.717) is 18.8 Å². The summed E-state index contributed by atoms with van der Waals surface area (Å²) in [6.45, 7) is 1.23. The second kappa shape index (κ2) is 5.97. The van der Waals surface area contributed by atoms with Crippen molar-refractivity contribution in [1.29, 1.82) is 0 Å². The minimum Gasteiger partial charge on any atom is -0.380 e. The van der Waals surface area contributed by atoms with Crippen molar-refractivity contribution in [2.75, 3.05) is 25.0 Å². The summed E-state index contributed by atoms with van der Waals surface area (Å²) in [6, 6.07) is 3.55. The number of rotatable bonds is 3. The van der Waals surface area contributed by atoms with Crippen molar-refractivity contribution in [3.63, 3.8) is 0 Å². The van der Waals surface area contributed by atoms with Gasteiger partial charge in [-0.2, -0.15) is 0 Å². The second-order valence-corrected chi connectivity index (χ2v) is 4.63. The minimum absolute atomic E-state index is 0.0185. The fraction of sp³-hybridized carbons (Fsp3) is 0.462. The molecule has 0 saturated carbocycles. The van der Waals surface area contributed by atoms with Crippen LogP contribution in [0.4, 0.5) is 14.5 Å². The maximum Gasteiger partial charge on any atom is 0.236 e. The van der Waals surface area contributed by atoms with Gasteiger partial charge in [0.2, 0.25) is 5.91 Å². The molecule has 1 aromatic rings. The van der Waals surface area contributed by atoms with Gasteiger partial charge in [0, 0.05) is 25.2 Å². The van der Waals surface area contributed by atoms with Gasteiger partial charge in [-0.1, -0.05) is 0 Å². The van der Waals surface area contributed by atoms with Crippen molar-refractivity contribution in [1.82, 2.24) is 4.90 Å². The van der Waals surface area contributed by atoms with Crippen molar-refractivity contribution in [3.8, 4) is 0 Å². The zero-order chi connectivity index (χ0) is 13.8. The lowest BCUT2D eigenvalue weighted by Crippen LogP contribution is -2.44. The van der Waals surface area contributed by atoms with Crippen molar-refractivity contribution in [2.24, 2.45) is 5.73 Å². The van der Waals surface area contributed by atoms with Gasteiger partial charge in [-0.3, -0.25) is 4.79 Å². The van der Waals surface area contributed by atoms with Crippen LogP contribution in [0.15, 0.2) is 18.2 Å². The van der Waals surface area contributed by atoms with E-state index < -0.39 is 11.6 Å². The Labute approximate surface area is 110 Å². The van der Waals surface area contributed by atoms with E-state index >= 15 is 0 Å². The summed E-state index contributed by atoms with van der Waals surface area (Å²) in [5.74, 6) is -1.25. The smallest absolute Gasteiger partial charge is 0.236 e. The molecule has 1 saturated heterocycles. The maximum atomic E-state index is 13.5. The molecule has 1 aromatic carbocycles. The average Bonchev–Trinajstić information content (AvgIpc) is 2.42. The van der Waals surface area contributed by atoms with Crippen LogP contribution in [0.25, 0.3) is 0 Å². The average molecular weight is 269 g/mol. The molecule has 0 aromatic heterocycles. The van der Waals surface area contributed by atoms with Gasteiger partial charge in [-0.05, 0) is 25.0 Å². The summed E-state index contributed by atoms with van der Waals surface area (Å²) < 4.78 is 26.3. The number of carbonyl (C=O) groups excluding carboxylic acids is 1. The summed E-state index contributed by atoms with van der Waals surface area (Å²) >= 11 is 0. The number of hydrogen-bond donors (Lipinski definition) is 2. The molecule has 0 atom stereocenters. The third kappa shape index (κ3) is 3.41. The Bertz CT molecular complexity index is 459. The Morgan fingerprint density at radius 1 is 1.37 bits per heavy atom. The molecular formula is C13H17F2N3O. The largest absolute Gasteiger partial charge is 0.380 e. The van der Waals surface area contributed by atoms with E-state index in [-0.39, 0.29) is 18.5 Å². The molecule has 1 aliphatic rings. The first-order valence-corrected chi connectivity index (χ1v) is 6.29. The Morgan fingerprint density at radius 3 is 2.63 bits per heavy atom. The third-order valence-electron chi connectivity index (χ3n) is 3.31. The Morgan fingerprint density at radius 2 is 2.05 bits per heavy atom. The topological polar surface area (TPSA) is 58.4 Å². The number of likely N-dealkylation sites (tertiary alicyclic amines) is 1. The standard InChI is InChI=1S/C13H17F2N3O/c14-9-1-2-12(11(15)7-9)17-10-3-5-18(6-4-10)13(19)8-16/h1-2,7,10,17H,3-6,8,16H2. The van der Waals surface area contributed by atoms with Crippen molar-refractivity contribution in [3.05, 3.63) is 29.8 Å². The van der Waals surface area contributed by atoms with Gasteiger partial charge in [0.15, 0.2) is 0 Å². The monoisotopic (exact) mass is 269 g/mol.